The van der Waals surface area contributed by atoms with Gasteiger partial charge in [0.15, 0.2) is 19.6 Å². The van der Waals surface area contributed by atoms with Crippen molar-refractivity contribution in [2.75, 3.05) is 18.0 Å². The van der Waals surface area contributed by atoms with E-state index in [0.29, 0.717) is 35.7 Å². The quantitative estimate of drug-likeness (QED) is 0.268. The summed E-state index contributed by atoms with van der Waals surface area (Å²) in [5, 5.41) is 4.63. The van der Waals surface area contributed by atoms with E-state index >= 15 is 4.39 Å². The lowest BCUT2D eigenvalue weighted by atomic mass is 10.00. The van der Waals surface area contributed by atoms with Crippen LogP contribution in [0.5, 0.6) is 5.75 Å². The van der Waals surface area contributed by atoms with Gasteiger partial charge in [-0.1, -0.05) is 32.9 Å². The smallest absolute Gasteiger partial charge is 0.411 e. The third kappa shape index (κ3) is 5.36. The number of hydrogen-bond donors (Lipinski definition) is 0. The van der Waals surface area contributed by atoms with Crippen LogP contribution in [0.25, 0.3) is 16.9 Å². The molecule has 1 saturated heterocycles. The molecule has 2 aromatic heterocycles. The predicted octanol–water partition coefficient (Wildman–Crippen LogP) is 6.62. The first kappa shape index (κ1) is 26.4. The van der Waals surface area contributed by atoms with E-state index in [-0.39, 0.29) is 17.3 Å². The Morgan fingerprint density at radius 1 is 1.11 bits per heavy atom. The number of aromatic nitrogens is 3. The number of benzene rings is 1. The number of rotatable bonds is 6. The van der Waals surface area contributed by atoms with Crippen LogP contribution in [-0.4, -0.2) is 54.1 Å². The van der Waals surface area contributed by atoms with Gasteiger partial charge in [0.25, 0.3) is 0 Å². The standard InChI is InChI=1S/C25H32F4N4O2Si/c1-17(35-36(5,6)23(2,3)4)24(26)12-13-32(16-24)22-11-10-21-30-15-20(33(21)31-22)18-8-7-9-19(14-18)34-25(27,28)29/h7-11,14-15,17H,12-13,16H2,1-6H3. The number of fused-ring (bicyclic) bond motifs is 1. The first-order valence-corrected chi connectivity index (χ1v) is 14.8. The van der Waals surface area contributed by atoms with Crippen molar-refractivity contribution in [3.8, 4) is 17.0 Å². The van der Waals surface area contributed by atoms with Crippen LogP contribution in [0.3, 0.4) is 0 Å². The lowest BCUT2D eigenvalue weighted by Gasteiger charge is -2.41. The molecule has 3 aromatic rings. The molecular weight excluding hydrogens is 492 g/mol. The molecule has 0 N–H and O–H groups in total. The molecular formula is C25H32F4N4O2Si. The first-order chi connectivity index (χ1) is 16.6. The minimum Gasteiger partial charge on any atom is -0.411 e. The van der Waals surface area contributed by atoms with Gasteiger partial charge < -0.3 is 14.1 Å². The Balaban J connectivity index is 1.57. The van der Waals surface area contributed by atoms with Crippen LogP contribution in [0.4, 0.5) is 23.4 Å². The first-order valence-electron chi connectivity index (χ1n) is 11.9. The summed E-state index contributed by atoms with van der Waals surface area (Å²) in [6, 6.07) is 9.19. The van der Waals surface area contributed by atoms with Crippen molar-refractivity contribution in [3.05, 3.63) is 42.6 Å². The van der Waals surface area contributed by atoms with E-state index in [9.17, 15) is 13.2 Å². The number of imidazole rings is 1. The van der Waals surface area contributed by atoms with Gasteiger partial charge in [-0.3, -0.25) is 0 Å². The molecule has 4 rings (SSSR count). The zero-order valence-electron chi connectivity index (χ0n) is 21.4. The van der Waals surface area contributed by atoms with Crippen LogP contribution in [0.2, 0.25) is 18.1 Å². The average molecular weight is 525 g/mol. The van der Waals surface area contributed by atoms with Crippen LogP contribution in [-0.2, 0) is 4.43 Å². The maximum atomic E-state index is 16.0. The van der Waals surface area contributed by atoms with Gasteiger partial charge in [0.1, 0.15) is 11.6 Å². The normalized spacial score (nSPS) is 20.2. The SMILES string of the molecule is CC(O[Si](C)(C)C(C)(C)C)C1(F)CCN(c2ccc3ncc(-c4cccc(OC(F)(F)F)c4)n3n2)C1. The molecule has 0 radical (unpaired) electrons. The zero-order chi connectivity index (χ0) is 26.5. The van der Waals surface area contributed by atoms with Gasteiger partial charge in [0.05, 0.1) is 24.5 Å². The van der Waals surface area contributed by atoms with Crippen LogP contribution in [0.15, 0.2) is 42.6 Å². The lowest BCUT2D eigenvalue weighted by Crippen LogP contribution is -2.50. The minimum atomic E-state index is -4.79. The number of ether oxygens (including phenoxy) is 1. The monoisotopic (exact) mass is 524 g/mol. The zero-order valence-corrected chi connectivity index (χ0v) is 22.4. The largest absolute Gasteiger partial charge is 0.573 e. The summed E-state index contributed by atoms with van der Waals surface area (Å²) >= 11 is 0. The molecule has 3 heterocycles. The van der Waals surface area contributed by atoms with Crippen molar-refractivity contribution in [3.63, 3.8) is 0 Å². The fourth-order valence-corrected chi connectivity index (χ4v) is 5.58. The molecule has 6 nitrogen and oxygen atoms in total. The molecule has 36 heavy (non-hydrogen) atoms. The van der Waals surface area contributed by atoms with Gasteiger partial charge in [-0.2, -0.15) is 0 Å². The van der Waals surface area contributed by atoms with Gasteiger partial charge in [-0.15, -0.1) is 18.3 Å². The number of anilines is 1. The second kappa shape index (κ2) is 9.02. The third-order valence-electron chi connectivity index (χ3n) is 7.29. The summed E-state index contributed by atoms with van der Waals surface area (Å²) in [6.07, 6.45) is -3.50. The summed E-state index contributed by atoms with van der Waals surface area (Å²) in [4.78, 5) is 6.19. The highest BCUT2D eigenvalue weighted by atomic mass is 28.4. The molecule has 2 atom stereocenters. The highest BCUT2D eigenvalue weighted by Gasteiger charge is 2.48. The van der Waals surface area contributed by atoms with Crippen molar-refractivity contribution in [1.82, 2.24) is 14.6 Å². The number of halogens is 4. The van der Waals surface area contributed by atoms with E-state index in [2.05, 4.69) is 48.7 Å². The summed E-state index contributed by atoms with van der Waals surface area (Å²) in [5.74, 6) is 0.229. The Kier molecular flexibility index (Phi) is 6.61. The molecule has 0 spiro atoms. The molecule has 1 aliphatic rings. The highest BCUT2D eigenvalue weighted by Crippen LogP contribution is 2.41. The van der Waals surface area contributed by atoms with Crippen LogP contribution in [0.1, 0.15) is 34.1 Å². The van der Waals surface area contributed by atoms with E-state index < -0.39 is 26.5 Å². The fourth-order valence-electron chi connectivity index (χ4n) is 4.13. The molecule has 0 bridgehead atoms. The molecule has 0 amide bonds. The van der Waals surface area contributed by atoms with Crippen LogP contribution < -0.4 is 9.64 Å². The van der Waals surface area contributed by atoms with E-state index in [4.69, 9.17) is 4.43 Å². The fraction of sp³-hybridized carbons (Fsp3) is 0.520. The Morgan fingerprint density at radius 3 is 2.50 bits per heavy atom. The molecule has 11 heteroatoms. The maximum absolute atomic E-state index is 16.0. The molecule has 196 valence electrons. The van der Waals surface area contributed by atoms with Crippen molar-refractivity contribution in [1.29, 1.82) is 0 Å². The molecule has 2 unspecified atom stereocenters. The predicted molar refractivity (Wildman–Crippen MR) is 134 cm³/mol. The number of alkyl halides is 4. The van der Waals surface area contributed by atoms with E-state index in [1.165, 1.54) is 24.4 Å². The van der Waals surface area contributed by atoms with Gasteiger partial charge in [-0.25, -0.2) is 13.9 Å². The number of nitrogens with zero attached hydrogens (tertiary/aromatic N) is 4. The van der Waals surface area contributed by atoms with E-state index in [1.807, 2.05) is 11.8 Å². The topological polar surface area (TPSA) is 51.9 Å². The van der Waals surface area contributed by atoms with E-state index in [1.54, 1.807) is 22.7 Å². The van der Waals surface area contributed by atoms with E-state index in [0.717, 1.165) is 0 Å². The second-order valence-corrected chi connectivity index (χ2v) is 15.7. The van der Waals surface area contributed by atoms with Gasteiger partial charge in [0.2, 0.25) is 0 Å². The van der Waals surface area contributed by atoms with Gasteiger partial charge in [0, 0.05) is 18.5 Å². The van der Waals surface area contributed by atoms with Crippen molar-refractivity contribution in [2.45, 2.75) is 70.4 Å². The Bertz CT molecular complexity index is 1240. The Hall–Kier alpha value is -2.66. The maximum Gasteiger partial charge on any atom is 0.573 e. The molecule has 1 fully saturated rings. The third-order valence-corrected chi connectivity index (χ3v) is 11.8. The van der Waals surface area contributed by atoms with Crippen molar-refractivity contribution in [2.24, 2.45) is 0 Å². The van der Waals surface area contributed by atoms with Crippen molar-refractivity contribution >= 4 is 19.8 Å². The average Bonchev–Trinajstić information content (AvgIpc) is 3.36. The lowest BCUT2D eigenvalue weighted by molar-refractivity contribution is -0.274. The molecule has 0 saturated carbocycles. The molecule has 1 aliphatic heterocycles. The summed E-state index contributed by atoms with van der Waals surface area (Å²) < 4.78 is 66.0. The second-order valence-electron chi connectivity index (χ2n) is 10.9. The van der Waals surface area contributed by atoms with Crippen LogP contribution in [0, 0.1) is 0 Å². The summed E-state index contributed by atoms with van der Waals surface area (Å²) in [5.41, 5.74) is -0.0321. The Morgan fingerprint density at radius 2 is 1.83 bits per heavy atom. The van der Waals surface area contributed by atoms with Crippen molar-refractivity contribution < 1.29 is 26.7 Å². The summed E-state index contributed by atoms with van der Waals surface area (Å²) in [7, 11) is -2.14. The van der Waals surface area contributed by atoms with Crippen LogP contribution >= 0.6 is 0 Å². The minimum absolute atomic E-state index is 0.0250. The summed E-state index contributed by atoms with van der Waals surface area (Å²) in [6.45, 7) is 13.0. The Labute approximate surface area is 209 Å². The highest BCUT2D eigenvalue weighted by molar-refractivity contribution is 6.74. The molecule has 0 aliphatic carbocycles. The number of hydrogen-bond acceptors (Lipinski definition) is 5. The molecule has 1 aromatic carbocycles. The van der Waals surface area contributed by atoms with Gasteiger partial charge in [-0.05, 0) is 49.3 Å². The van der Waals surface area contributed by atoms with Gasteiger partial charge >= 0.3 is 6.36 Å².